The summed E-state index contributed by atoms with van der Waals surface area (Å²) in [4.78, 5) is 39.2. The molecule has 166 valence electrons. The normalized spacial score (nSPS) is 18.9. The predicted octanol–water partition coefficient (Wildman–Crippen LogP) is 3.45. The molecular formula is C25H28N4O3. The summed E-state index contributed by atoms with van der Waals surface area (Å²) in [5, 5.41) is 8.39. The number of hydrazone groups is 1. The number of rotatable bonds is 4. The summed E-state index contributed by atoms with van der Waals surface area (Å²) in [6.07, 6.45) is 2.13. The fourth-order valence-corrected chi connectivity index (χ4v) is 4.23. The summed E-state index contributed by atoms with van der Waals surface area (Å²) >= 11 is 0. The van der Waals surface area contributed by atoms with Gasteiger partial charge in [0.25, 0.3) is 5.91 Å². The summed E-state index contributed by atoms with van der Waals surface area (Å²) in [6.45, 7) is 3.01. The van der Waals surface area contributed by atoms with Crippen molar-refractivity contribution in [2.24, 2.45) is 11.0 Å². The van der Waals surface area contributed by atoms with Crippen molar-refractivity contribution in [1.82, 2.24) is 9.91 Å². The van der Waals surface area contributed by atoms with Crippen LogP contribution < -0.4 is 5.32 Å². The fraction of sp³-hybridized carbons (Fsp3) is 0.360. The van der Waals surface area contributed by atoms with Crippen LogP contribution in [0.3, 0.4) is 0 Å². The molecule has 0 bridgehead atoms. The third-order valence-corrected chi connectivity index (χ3v) is 6.02. The van der Waals surface area contributed by atoms with E-state index < -0.39 is 0 Å². The second kappa shape index (κ2) is 9.34. The lowest BCUT2D eigenvalue weighted by molar-refractivity contribution is -0.131. The van der Waals surface area contributed by atoms with Gasteiger partial charge < -0.3 is 10.2 Å². The van der Waals surface area contributed by atoms with Crippen LogP contribution in [0.15, 0.2) is 53.6 Å². The second-order valence-electron chi connectivity index (χ2n) is 8.49. The van der Waals surface area contributed by atoms with Gasteiger partial charge in [0.15, 0.2) is 0 Å². The Balaban J connectivity index is 1.42. The Morgan fingerprint density at radius 2 is 1.81 bits per heavy atom. The summed E-state index contributed by atoms with van der Waals surface area (Å²) in [7, 11) is 1.56. The van der Waals surface area contributed by atoms with Gasteiger partial charge in [0, 0.05) is 38.7 Å². The van der Waals surface area contributed by atoms with Crippen molar-refractivity contribution in [2.45, 2.75) is 32.6 Å². The van der Waals surface area contributed by atoms with E-state index in [0.717, 1.165) is 29.7 Å². The Labute approximate surface area is 188 Å². The summed E-state index contributed by atoms with van der Waals surface area (Å²) < 4.78 is 0. The molecule has 1 fully saturated rings. The van der Waals surface area contributed by atoms with Crippen LogP contribution in [0.1, 0.15) is 31.2 Å². The molecule has 2 aromatic carbocycles. The van der Waals surface area contributed by atoms with Crippen LogP contribution in [0, 0.1) is 12.8 Å². The smallest absolute Gasteiger partial charge is 0.270 e. The molecule has 1 N–H and O–H groups in total. The molecule has 32 heavy (non-hydrogen) atoms. The minimum Gasteiger partial charge on any atom is -0.337 e. The molecule has 0 unspecified atom stereocenters. The zero-order valence-electron chi connectivity index (χ0n) is 18.5. The van der Waals surface area contributed by atoms with Gasteiger partial charge in [-0.3, -0.25) is 14.4 Å². The van der Waals surface area contributed by atoms with Gasteiger partial charge in [-0.05, 0) is 43.0 Å². The highest BCUT2D eigenvalue weighted by atomic mass is 16.2. The van der Waals surface area contributed by atoms with Gasteiger partial charge in [0.05, 0.1) is 5.92 Å². The van der Waals surface area contributed by atoms with E-state index in [2.05, 4.69) is 35.5 Å². The maximum Gasteiger partial charge on any atom is 0.270 e. The Morgan fingerprint density at radius 1 is 1.06 bits per heavy atom. The molecule has 1 saturated heterocycles. The number of amides is 3. The number of nitrogens with zero attached hydrogens (tertiary/aromatic N) is 3. The fourth-order valence-electron chi connectivity index (χ4n) is 4.23. The molecule has 2 aliphatic rings. The van der Waals surface area contributed by atoms with E-state index in [1.54, 1.807) is 11.9 Å². The van der Waals surface area contributed by atoms with Crippen LogP contribution in [0.25, 0.3) is 11.1 Å². The van der Waals surface area contributed by atoms with Crippen molar-refractivity contribution < 1.29 is 14.4 Å². The van der Waals surface area contributed by atoms with E-state index in [4.69, 9.17) is 0 Å². The number of nitrogens with one attached hydrogen (secondary N) is 1. The van der Waals surface area contributed by atoms with E-state index >= 15 is 0 Å². The van der Waals surface area contributed by atoms with E-state index in [1.165, 1.54) is 10.6 Å². The zero-order valence-corrected chi connectivity index (χ0v) is 18.5. The predicted molar refractivity (Wildman–Crippen MR) is 124 cm³/mol. The van der Waals surface area contributed by atoms with Crippen LogP contribution in [0.2, 0.25) is 0 Å². The molecule has 2 aliphatic heterocycles. The number of hydrogen-bond acceptors (Lipinski definition) is 4. The molecule has 0 aliphatic carbocycles. The van der Waals surface area contributed by atoms with Crippen molar-refractivity contribution in [1.29, 1.82) is 0 Å². The molecule has 1 atom stereocenters. The molecule has 0 aromatic heterocycles. The summed E-state index contributed by atoms with van der Waals surface area (Å²) in [5.74, 6) is -0.630. The molecule has 0 radical (unpaired) electrons. The number of carbonyl (C=O) groups excluding carboxylic acids is 3. The first-order valence-electron chi connectivity index (χ1n) is 11.0. The van der Waals surface area contributed by atoms with Crippen molar-refractivity contribution in [3.05, 3.63) is 54.1 Å². The van der Waals surface area contributed by atoms with E-state index in [9.17, 15) is 14.4 Å². The van der Waals surface area contributed by atoms with Crippen LogP contribution in [0.4, 0.5) is 5.69 Å². The maximum atomic E-state index is 13.0. The maximum absolute atomic E-state index is 13.0. The monoisotopic (exact) mass is 432 g/mol. The second-order valence-corrected chi connectivity index (χ2v) is 8.49. The highest BCUT2D eigenvalue weighted by Gasteiger charge is 2.32. The van der Waals surface area contributed by atoms with Crippen LogP contribution in [0.5, 0.6) is 0 Å². The standard InChI is InChI=1S/C25H28N4O3/c1-17-6-3-7-18(14-17)19-8-4-10-21(15-19)26-24(31)20-9-5-13-29(16-20)25(32)22-11-12-23(30)28(2)27-22/h3-4,6-8,10,14-15,20H,5,9,11-13,16H2,1-2H3,(H,26,31)/t20-/m1/s1. The molecule has 0 spiro atoms. The molecule has 2 aromatic rings. The third-order valence-electron chi connectivity index (χ3n) is 6.02. The lowest BCUT2D eigenvalue weighted by atomic mass is 9.96. The van der Waals surface area contributed by atoms with Crippen molar-refractivity contribution >= 4 is 29.1 Å². The van der Waals surface area contributed by atoms with Gasteiger partial charge in [-0.1, -0.05) is 42.0 Å². The number of hydrogen-bond donors (Lipinski definition) is 1. The first-order chi connectivity index (χ1) is 15.4. The third kappa shape index (κ3) is 4.88. The van der Waals surface area contributed by atoms with Crippen molar-refractivity contribution in [3.63, 3.8) is 0 Å². The lowest BCUT2D eigenvalue weighted by Gasteiger charge is -2.33. The minimum absolute atomic E-state index is 0.0817. The topological polar surface area (TPSA) is 82.1 Å². The Hall–Kier alpha value is -3.48. The lowest BCUT2D eigenvalue weighted by Crippen LogP contribution is -2.47. The molecular weight excluding hydrogens is 404 g/mol. The Kier molecular flexibility index (Phi) is 6.35. The molecule has 3 amide bonds. The number of benzene rings is 2. The van der Waals surface area contributed by atoms with E-state index in [1.807, 2.05) is 30.3 Å². The molecule has 7 nitrogen and oxygen atoms in total. The van der Waals surface area contributed by atoms with E-state index in [-0.39, 0.29) is 30.1 Å². The molecule has 0 saturated carbocycles. The summed E-state index contributed by atoms with van der Waals surface area (Å²) in [5.41, 5.74) is 4.46. The number of carbonyl (C=O) groups is 3. The van der Waals surface area contributed by atoms with Crippen molar-refractivity contribution in [3.8, 4) is 11.1 Å². The average Bonchev–Trinajstić information content (AvgIpc) is 2.80. The molecule has 4 rings (SSSR count). The van der Waals surface area contributed by atoms with Gasteiger partial charge in [-0.15, -0.1) is 0 Å². The van der Waals surface area contributed by atoms with Crippen LogP contribution >= 0.6 is 0 Å². The quantitative estimate of drug-likeness (QED) is 0.803. The number of aryl methyl sites for hydroxylation is 1. The minimum atomic E-state index is -0.279. The largest absolute Gasteiger partial charge is 0.337 e. The van der Waals surface area contributed by atoms with Gasteiger partial charge in [0.1, 0.15) is 5.71 Å². The number of anilines is 1. The SMILES string of the molecule is Cc1cccc(-c2cccc(NC(=O)[C@@H]3CCCN(C(=O)C4=NN(C)C(=O)CC4)C3)c2)c1. The highest BCUT2D eigenvalue weighted by Crippen LogP contribution is 2.25. The molecule has 2 heterocycles. The van der Waals surface area contributed by atoms with Gasteiger partial charge in [0.2, 0.25) is 11.8 Å². The van der Waals surface area contributed by atoms with Crippen molar-refractivity contribution in [2.75, 3.05) is 25.5 Å². The Bertz CT molecular complexity index is 1080. The molecule has 7 heteroatoms. The Morgan fingerprint density at radius 3 is 2.56 bits per heavy atom. The highest BCUT2D eigenvalue weighted by molar-refractivity contribution is 6.39. The number of likely N-dealkylation sites (tertiary alicyclic amines) is 1. The first-order valence-corrected chi connectivity index (χ1v) is 11.0. The summed E-state index contributed by atoms with van der Waals surface area (Å²) in [6, 6.07) is 16.1. The van der Waals surface area contributed by atoms with Crippen LogP contribution in [-0.2, 0) is 14.4 Å². The number of piperidine rings is 1. The van der Waals surface area contributed by atoms with Crippen LogP contribution in [-0.4, -0.2) is 53.5 Å². The van der Waals surface area contributed by atoms with Gasteiger partial charge >= 0.3 is 0 Å². The zero-order chi connectivity index (χ0) is 22.7. The average molecular weight is 433 g/mol. The first kappa shape index (κ1) is 21.7. The van der Waals surface area contributed by atoms with Gasteiger partial charge in [-0.25, -0.2) is 5.01 Å². The van der Waals surface area contributed by atoms with Gasteiger partial charge in [-0.2, -0.15) is 5.10 Å². The van der Waals surface area contributed by atoms with E-state index in [0.29, 0.717) is 25.2 Å².